The molecule has 11 heavy (non-hydrogen) atoms. The van der Waals surface area contributed by atoms with Crippen LogP contribution in [0.25, 0.3) is 0 Å². The van der Waals surface area contributed by atoms with E-state index in [1.165, 1.54) is 0 Å². The smallest absolute Gasteiger partial charge is 0.369 e. The topological polar surface area (TPSA) is 133 Å². The Balaban J connectivity index is 4.90. The van der Waals surface area contributed by atoms with Gasteiger partial charge in [-0.3, -0.25) is 16.0 Å². The highest BCUT2D eigenvalue weighted by Gasteiger charge is 2.44. The van der Waals surface area contributed by atoms with Crippen molar-refractivity contribution in [3.63, 3.8) is 0 Å². The van der Waals surface area contributed by atoms with Gasteiger partial charge in [0, 0.05) is 0 Å². The van der Waals surface area contributed by atoms with Crippen LogP contribution in [0.2, 0.25) is 0 Å². The highest BCUT2D eigenvalue weighted by Crippen LogP contribution is 2.05. The van der Waals surface area contributed by atoms with Gasteiger partial charge in [-0.1, -0.05) is 0 Å². The molecule has 0 aliphatic heterocycles. The first-order valence-corrected chi connectivity index (χ1v) is 4.43. The van der Waals surface area contributed by atoms with Crippen LogP contribution in [0.1, 0.15) is 0 Å². The highest BCUT2D eigenvalue weighted by atomic mass is 127. The number of carbonyl (C=O) groups is 1. The summed E-state index contributed by atoms with van der Waals surface area (Å²) in [5.41, 5.74) is 9.42. The molecule has 0 heterocycles. The van der Waals surface area contributed by atoms with E-state index in [1.807, 2.05) is 0 Å². The fraction of sp³-hybridized carbons (Fsp3) is 0.500. The first-order chi connectivity index (χ1) is 4.73. The van der Waals surface area contributed by atoms with Gasteiger partial charge in [-0.25, -0.2) is 4.79 Å². The summed E-state index contributed by atoms with van der Waals surface area (Å²) in [7, 11) is -4.84. The lowest BCUT2D eigenvalue weighted by atomic mass is 10.5. The molecule has 0 unspecified atom stereocenters. The molecule has 0 bridgehead atoms. The number of rotatable bonds is 2. The molecule has 9 heteroatoms. The third-order valence-electron chi connectivity index (χ3n) is 0.816. The van der Waals surface area contributed by atoms with Gasteiger partial charge < -0.3 is 3.07 Å². The third kappa shape index (κ3) is 2.23. The minimum Gasteiger partial charge on any atom is -0.391 e. The zero-order valence-electron chi connectivity index (χ0n) is 5.02. The van der Waals surface area contributed by atoms with E-state index in [0.29, 0.717) is 0 Å². The van der Waals surface area contributed by atoms with Gasteiger partial charge in [0.25, 0.3) is 4.99 Å². The molecule has 0 rings (SSSR count). The van der Waals surface area contributed by atoms with Crippen LogP contribution in [0.4, 0.5) is 0 Å². The molecular formula is C2H5IN2O5S. The zero-order valence-corrected chi connectivity index (χ0v) is 8.00. The lowest BCUT2D eigenvalue weighted by Crippen LogP contribution is -2.62. The van der Waals surface area contributed by atoms with Gasteiger partial charge in [0.15, 0.2) is 23.0 Å². The molecule has 0 fully saturated rings. The van der Waals surface area contributed by atoms with Crippen LogP contribution in [0.15, 0.2) is 0 Å². The second-order valence-corrected chi connectivity index (χ2v) is 3.70. The fourth-order valence-electron chi connectivity index (χ4n) is 0.166. The monoisotopic (exact) mass is 296 g/mol. The molecule has 66 valence electrons. The summed E-state index contributed by atoms with van der Waals surface area (Å²) in [5, 5.41) is 0. The van der Waals surface area contributed by atoms with Gasteiger partial charge in [0.2, 0.25) is 0 Å². The van der Waals surface area contributed by atoms with Crippen LogP contribution < -0.4 is 11.5 Å². The van der Waals surface area contributed by atoms with Crippen molar-refractivity contribution >= 4 is 39.1 Å². The summed E-state index contributed by atoms with van der Waals surface area (Å²) in [6.07, 6.45) is 0. The molecule has 0 radical (unpaired) electrons. The number of carbonyl (C=O) groups excluding carboxylic acids is 1. The molecule has 0 aliphatic rings. The molecule has 0 aliphatic carbocycles. The van der Waals surface area contributed by atoms with Crippen molar-refractivity contribution in [3.05, 3.63) is 0 Å². The molecule has 0 spiro atoms. The van der Waals surface area contributed by atoms with Gasteiger partial charge in [-0.15, -0.1) is 0 Å². The summed E-state index contributed by atoms with van der Waals surface area (Å²) in [6.45, 7) is 0. The fourth-order valence-corrected chi connectivity index (χ4v) is 0.932. The largest absolute Gasteiger partial charge is 0.391 e. The maximum Gasteiger partial charge on any atom is 0.369 e. The predicted octanol–water partition coefficient (Wildman–Crippen LogP) is -1.66. The Hall–Kier alpha value is 0.0300. The third-order valence-corrected chi connectivity index (χ3v) is 2.24. The zero-order chi connectivity index (χ0) is 9.28. The maximum absolute atomic E-state index is 10.5. The van der Waals surface area contributed by atoms with E-state index in [2.05, 4.69) is 3.07 Å². The molecule has 0 saturated carbocycles. The van der Waals surface area contributed by atoms with Crippen molar-refractivity contribution in [2.75, 3.05) is 0 Å². The van der Waals surface area contributed by atoms with Crippen molar-refractivity contribution in [1.82, 2.24) is 0 Å². The van der Waals surface area contributed by atoms with Crippen molar-refractivity contribution in [2.45, 2.75) is 4.99 Å². The van der Waals surface area contributed by atoms with Crippen LogP contribution in [0.3, 0.4) is 0 Å². The number of nitrogens with two attached hydrogens (primary N) is 2. The Bertz CT molecular complexity index is 258. The molecule has 0 aromatic carbocycles. The van der Waals surface area contributed by atoms with E-state index >= 15 is 0 Å². The minimum absolute atomic E-state index is 1.09. The number of hydrogen-bond donors (Lipinski definition) is 3. The number of hydrogen-bond acceptors (Lipinski definition) is 6. The van der Waals surface area contributed by atoms with E-state index < -0.39 is 21.1 Å². The average Bonchev–Trinajstić information content (AvgIpc) is 1.83. The summed E-state index contributed by atoms with van der Waals surface area (Å²) in [6, 6.07) is 0. The summed E-state index contributed by atoms with van der Waals surface area (Å²) in [5.74, 6) is -1.44. The highest BCUT2D eigenvalue weighted by molar-refractivity contribution is 14.1. The first kappa shape index (κ1) is 11.0. The lowest BCUT2D eigenvalue weighted by molar-refractivity contribution is -0.134. The van der Waals surface area contributed by atoms with E-state index in [9.17, 15) is 13.2 Å². The Morgan fingerprint density at radius 2 is 1.91 bits per heavy atom. The van der Waals surface area contributed by atoms with E-state index in [-0.39, 0.29) is 0 Å². The quantitative estimate of drug-likeness (QED) is 0.315. The van der Waals surface area contributed by atoms with E-state index in [4.69, 9.17) is 16.0 Å². The first-order valence-electron chi connectivity index (χ1n) is 2.11. The van der Waals surface area contributed by atoms with Crippen LogP contribution in [0, 0.1) is 0 Å². The second kappa shape index (κ2) is 3.18. The summed E-state index contributed by atoms with van der Waals surface area (Å²) < 4.78 is 32.7. The Morgan fingerprint density at radius 3 is 2.00 bits per heavy atom. The Labute approximate surface area is 76.5 Å². The van der Waals surface area contributed by atoms with Gasteiger partial charge in [-0.05, 0) is 0 Å². The minimum atomic E-state index is -4.84. The Kier molecular flexibility index (Phi) is 3.19. The van der Waals surface area contributed by atoms with Crippen LogP contribution in [-0.2, 0) is 18.0 Å². The molecule has 0 aromatic heterocycles. The standard InChI is InChI=1S/C2H5IN2O5S/c3-10-1(6)2(4,5)11(7,8)9/h4-5H2,(H,7,8,9). The normalized spacial score (nSPS) is 12.7. The predicted molar refractivity (Wildman–Crippen MR) is 42.8 cm³/mol. The maximum atomic E-state index is 10.5. The molecule has 5 N–H and O–H groups in total. The lowest BCUT2D eigenvalue weighted by Gasteiger charge is -2.15. The van der Waals surface area contributed by atoms with Crippen molar-refractivity contribution < 1.29 is 20.8 Å². The SMILES string of the molecule is NC(N)(C(=O)OI)S(=O)(=O)O. The van der Waals surface area contributed by atoms with Crippen LogP contribution in [-0.4, -0.2) is 23.9 Å². The molecule has 0 aromatic rings. The van der Waals surface area contributed by atoms with Gasteiger partial charge in [0.05, 0.1) is 0 Å². The van der Waals surface area contributed by atoms with Gasteiger partial charge in [0.1, 0.15) is 0 Å². The molecule has 0 saturated heterocycles. The average molecular weight is 296 g/mol. The van der Waals surface area contributed by atoms with Gasteiger partial charge >= 0.3 is 16.1 Å². The number of halogens is 1. The van der Waals surface area contributed by atoms with E-state index in [0.717, 1.165) is 23.0 Å². The van der Waals surface area contributed by atoms with Crippen molar-refractivity contribution in [3.8, 4) is 0 Å². The molecule has 7 nitrogen and oxygen atoms in total. The second-order valence-electron chi connectivity index (χ2n) is 1.63. The van der Waals surface area contributed by atoms with Gasteiger partial charge in [-0.2, -0.15) is 8.42 Å². The Morgan fingerprint density at radius 1 is 1.55 bits per heavy atom. The van der Waals surface area contributed by atoms with Crippen LogP contribution in [0.5, 0.6) is 0 Å². The van der Waals surface area contributed by atoms with Crippen LogP contribution >= 0.6 is 23.0 Å². The van der Waals surface area contributed by atoms with Crippen molar-refractivity contribution in [2.24, 2.45) is 11.5 Å². The van der Waals surface area contributed by atoms with E-state index in [1.54, 1.807) is 0 Å². The van der Waals surface area contributed by atoms with Crippen molar-refractivity contribution in [1.29, 1.82) is 0 Å². The molecular weight excluding hydrogens is 291 g/mol. The molecule has 0 atom stereocenters. The summed E-state index contributed by atoms with van der Waals surface area (Å²) in [4.78, 5) is 7.57. The molecule has 0 amide bonds. The summed E-state index contributed by atoms with van der Waals surface area (Å²) >= 11 is 1.09.